The number of amides is 3. The molecule has 0 aliphatic carbocycles. The summed E-state index contributed by atoms with van der Waals surface area (Å²) in [6.45, 7) is 8.12. The Morgan fingerprint density at radius 2 is 1.82 bits per heavy atom. The van der Waals surface area contributed by atoms with Crippen molar-refractivity contribution in [3.8, 4) is 0 Å². The molecule has 2 N–H and O–H groups in total. The van der Waals surface area contributed by atoms with E-state index in [1.807, 2.05) is 63.3 Å². The highest BCUT2D eigenvalue weighted by molar-refractivity contribution is 5.99. The minimum absolute atomic E-state index is 0.0761. The highest BCUT2D eigenvalue weighted by Gasteiger charge is 2.74. The largest absolute Gasteiger partial charge is 0.455 e. The number of allylic oxidation sites excluding steroid dienone is 1. The number of cyclic esters (lactones) is 1. The Morgan fingerprint density at radius 3 is 2.51 bits per heavy atom. The summed E-state index contributed by atoms with van der Waals surface area (Å²) < 4.78 is 12.6. The molecule has 10 nitrogen and oxygen atoms in total. The van der Waals surface area contributed by atoms with E-state index < -0.39 is 47.7 Å². The van der Waals surface area contributed by atoms with Gasteiger partial charge in [-0.25, -0.2) is 0 Å². The first-order valence-electron chi connectivity index (χ1n) is 16.4. The van der Waals surface area contributed by atoms with E-state index in [4.69, 9.17) is 9.47 Å². The van der Waals surface area contributed by atoms with E-state index in [0.29, 0.717) is 24.9 Å². The van der Waals surface area contributed by atoms with Crippen molar-refractivity contribution in [3.05, 3.63) is 60.2 Å². The Balaban J connectivity index is 1.60. The topological polar surface area (TPSA) is 125 Å². The minimum atomic E-state index is -1.37. The van der Waals surface area contributed by atoms with Crippen molar-refractivity contribution in [1.29, 1.82) is 0 Å². The maximum absolute atomic E-state index is 14.8. The summed E-state index contributed by atoms with van der Waals surface area (Å²) in [6.07, 6.45) is 8.64. The molecule has 4 aliphatic rings. The summed E-state index contributed by atoms with van der Waals surface area (Å²) in [4.78, 5) is 59.5. The van der Waals surface area contributed by atoms with Crippen LogP contribution >= 0.6 is 0 Å². The van der Waals surface area contributed by atoms with Gasteiger partial charge < -0.3 is 29.7 Å². The summed E-state index contributed by atoms with van der Waals surface area (Å²) in [5.41, 5.74) is -0.658. The number of rotatable bonds is 8. The number of hydrogen-bond acceptors (Lipinski definition) is 7. The molecule has 2 saturated heterocycles. The van der Waals surface area contributed by atoms with Crippen LogP contribution in [0.1, 0.15) is 71.5 Å². The molecule has 3 amide bonds. The van der Waals surface area contributed by atoms with Crippen LogP contribution in [0.4, 0.5) is 0 Å². The van der Waals surface area contributed by atoms with Gasteiger partial charge in [-0.05, 0) is 37.7 Å². The Morgan fingerprint density at radius 1 is 1.07 bits per heavy atom. The smallest absolute Gasteiger partial charge is 0.313 e. The number of aliphatic hydroxyl groups excluding tert-OH is 1. The summed E-state index contributed by atoms with van der Waals surface area (Å²) in [5, 5.41) is 13.5. The van der Waals surface area contributed by atoms with Crippen molar-refractivity contribution >= 4 is 23.7 Å². The van der Waals surface area contributed by atoms with Crippen LogP contribution in [-0.2, 0) is 28.7 Å². The highest BCUT2D eigenvalue weighted by Crippen LogP contribution is 2.56. The molecule has 4 heterocycles. The third-order valence-electron chi connectivity index (χ3n) is 9.61. The molecule has 45 heavy (non-hydrogen) atoms. The lowest BCUT2D eigenvalue weighted by Gasteiger charge is -2.40. The van der Waals surface area contributed by atoms with E-state index in [0.717, 1.165) is 12.8 Å². The van der Waals surface area contributed by atoms with Gasteiger partial charge in [-0.3, -0.25) is 19.2 Å². The van der Waals surface area contributed by atoms with E-state index in [-0.39, 0.29) is 49.3 Å². The normalized spacial score (nSPS) is 32.4. The Bertz CT molecular complexity index is 1310. The number of ether oxygens (including phenoxy) is 2. The van der Waals surface area contributed by atoms with Crippen molar-refractivity contribution < 1.29 is 33.8 Å². The van der Waals surface area contributed by atoms with Crippen molar-refractivity contribution in [2.75, 3.05) is 19.7 Å². The van der Waals surface area contributed by atoms with E-state index in [2.05, 4.69) is 12.2 Å². The number of hydrogen-bond donors (Lipinski definition) is 2. The number of aliphatic hydroxyl groups is 1. The molecular formula is C35H47N3O7. The van der Waals surface area contributed by atoms with E-state index in [1.54, 1.807) is 17.1 Å². The number of nitrogens with one attached hydrogen (secondary N) is 1. The zero-order valence-electron chi connectivity index (χ0n) is 26.8. The van der Waals surface area contributed by atoms with Gasteiger partial charge in [0.2, 0.25) is 17.7 Å². The van der Waals surface area contributed by atoms with Gasteiger partial charge in [0, 0.05) is 19.0 Å². The van der Waals surface area contributed by atoms with Gasteiger partial charge in [-0.15, -0.1) is 0 Å². The summed E-state index contributed by atoms with van der Waals surface area (Å²) in [6, 6.07) is 7.36. The lowest BCUT2D eigenvalue weighted by molar-refractivity contribution is -0.160. The van der Waals surface area contributed by atoms with Gasteiger partial charge in [0.25, 0.3) is 0 Å². The van der Waals surface area contributed by atoms with Crippen molar-refractivity contribution in [1.82, 2.24) is 15.1 Å². The van der Waals surface area contributed by atoms with Crippen molar-refractivity contribution in [3.63, 3.8) is 0 Å². The highest BCUT2D eigenvalue weighted by atomic mass is 16.6. The summed E-state index contributed by atoms with van der Waals surface area (Å²) in [5.74, 6) is -3.29. The van der Waals surface area contributed by atoms with Gasteiger partial charge in [0.15, 0.2) is 0 Å². The van der Waals surface area contributed by atoms with Crippen LogP contribution in [0.5, 0.6) is 0 Å². The standard InChI is InChI=1S/C35H47N3O7/c1-5-12-23(4)37-18-11-7-10-15-28(40)36-20-27(24-13-8-6-9-14-24)44-34(43)29-26-16-17-35(45-26)30(29)32(41)38(31(35)33(37)42)25(21-39)19-22(2)3/h6-9,11,13-14,16-17,22-23,25-27,29-31,39H,5,10,12,15,18-21H2,1-4H3,(H,36,40)/b11-7-/t23?,25-,26+,27+,29-,30-,31+,35-/m1/s1. The molecule has 2 fully saturated rings. The van der Waals surface area contributed by atoms with Gasteiger partial charge in [-0.1, -0.05) is 81.8 Å². The molecule has 5 rings (SSSR count). The number of fused-ring (bicyclic) bond motifs is 2. The lowest BCUT2D eigenvalue weighted by atomic mass is 9.74. The number of nitrogens with zero attached hydrogens (tertiary/aromatic N) is 2. The first-order chi connectivity index (χ1) is 21.6. The molecule has 8 atom stereocenters. The SMILES string of the molecule is CCCC(C)N1C/C=C\CCC(=O)NC[C@@H](c2ccccc2)OC(=O)[C@@H]2[C@@H]3C=C[C@]4(O3)[C@H](C1=O)N([C@@H](CO)CC(C)C)C(=O)[C@@H]24. The fourth-order valence-electron chi connectivity index (χ4n) is 7.52. The molecule has 0 radical (unpaired) electrons. The molecule has 1 aromatic rings. The number of likely N-dealkylation sites (tertiary alicyclic amines) is 1. The monoisotopic (exact) mass is 621 g/mol. The second-order valence-corrected chi connectivity index (χ2v) is 13.2. The molecule has 1 aromatic carbocycles. The van der Waals surface area contributed by atoms with Crippen molar-refractivity contribution in [2.24, 2.45) is 17.8 Å². The van der Waals surface area contributed by atoms with E-state index in [1.165, 1.54) is 4.90 Å². The zero-order valence-corrected chi connectivity index (χ0v) is 26.8. The Labute approximate surface area is 265 Å². The molecular weight excluding hydrogens is 574 g/mol. The average Bonchev–Trinajstić information content (AvgIpc) is 3.66. The number of esters is 1. The number of carbonyl (C=O) groups is 4. The molecule has 10 heteroatoms. The Hall–Kier alpha value is -3.50. The molecule has 244 valence electrons. The fraction of sp³-hybridized carbons (Fsp3) is 0.600. The van der Waals surface area contributed by atoms with Crippen LogP contribution in [0, 0.1) is 17.8 Å². The van der Waals surface area contributed by atoms with Crippen LogP contribution in [0.3, 0.4) is 0 Å². The summed E-state index contributed by atoms with van der Waals surface area (Å²) >= 11 is 0. The van der Waals surface area contributed by atoms with Crippen LogP contribution in [0.2, 0.25) is 0 Å². The fourth-order valence-corrected chi connectivity index (χ4v) is 7.52. The van der Waals surface area contributed by atoms with Gasteiger partial charge >= 0.3 is 5.97 Å². The molecule has 0 saturated carbocycles. The first-order valence-corrected chi connectivity index (χ1v) is 16.4. The van der Waals surface area contributed by atoms with E-state index >= 15 is 0 Å². The second-order valence-electron chi connectivity index (χ2n) is 13.2. The molecule has 5 bridgehead atoms. The third kappa shape index (κ3) is 6.31. The third-order valence-corrected chi connectivity index (χ3v) is 9.61. The van der Waals surface area contributed by atoms with Crippen LogP contribution < -0.4 is 5.32 Å². The number of benzene rings is 1. The number of carbonyl (C=O) groups excluding carboxylic acids is 4. The second kappa shape index (κ2) is 13.9. The van der Waals surface area contributed by atoms with Crippen LogP contribution in [-0.4, -0.2) is 88.1 Å². The predicted molar refractivity (Wildman–Crippen MR) is 167 cm³/mol. The maximum Gasteiger partial charge on any atom is 0.313 e. The molecule has 1 spiro atoms. The first kappa shape index (κ1) is 32.9. The average molecular weight is 622 g/mol. The summed E-state index contributed by atoms with van der Waals surface area (Å²) in [7, 11) is 0. The minimum Gasteiger partial charge on any atom is -0.455 e. The van der Waals surface area contributed by atoms with Gasteiger partial charge in [0.1, 0.15) is 23.7 Å². The maximum atomic E-state index is 14.8. The lowest BCUT2D eigenvalue weighted by Crippen LogP contribution is -2.60. The van der Waals surface area contributed by atoms with Crippen LogP contribution in [0.25, 0.3) is 0 Å². The molecule has 4 aliphatic heterocycles. The van der Waals surface area contributed by atoms with Gasteiger partial charge in [-0.2, -0.15) is 0 Å². The Kier molecular flexibility index (Phi) is 10.1. The van der Waals surface area contributed by atoms with E-state index in [9.17, 15) is 24.3 Å². The zero-order chi connectivity index (χ0) is 32.3. The molecule has 1 unspecified atom stereocenters. The quantitative estimate of drug-likeness (QED) is 0.337. The molecule has 0 aromatic heterocycles. The predicted octanol–water partition coefficient (Wildman–Crippen LogP) is 3.31. The van der Waals surface area contributed by atoms with Gasteiger partial charge in [0.05, 0.1) is 31.2 Å². The van der Waals surface area contributed by atoms with Crippen molar-refractivity contribution in [2.45, 2.75) is 95.7 Å². The van der Waals surface area contributed by atoms with Crippen LogP contribution in [0.15, 0.2) is 54.6 Å².